The molecule has 1 atom stereocenters. The number of hydrogen-bond donors (Lipinski definition) is 0. The van der Waals surface area contributed by atoms with Crippen molar-refractivity contribution in [3.8, 4) is 0 Å². The summed E-state index contributed by atoms with van der Waals surface area (Å²) in [6.07, 6.45) is 0.301. The minimum atomic E-state index is 0.0913. The molecule has 36 heavy (non-hydrogen) atoms. The van der Waals surface area contributed by atoms with Crippen LogP contribution in [0.4, 0.5) is 11.4 Å². The zero-order chi connectivity index (χ0) is 27.1. The lowest BCUT2D eigenvalue weighted by atomic mass is 9.84. The van der Waals surface area contributed by atoms with Crippen LogP contribution in [0.1, 0.15) is 147 Å². The molecule has 0 saturated carbocycles. The van der Waals surface area contributed by atoms with Crippen LogP contribution in [-0.4, -0.2) is 19.3 Å². The van der Waals surface area contributed by atoms with Gasteiger partial charge < -0.3 is 9.80 Å². The molecule has 2 heteroatoms. The van der Waals surface area contributed by atoms with Crippen LogP contribution in [0.3, 0.4) is 0 Å². The van der Waals surface area contributed by atoms with Crippen LogP contribution >= 0.6 is 0 Å². The van der Waals surface area contributed by atoms with Gasteiger partial charge in [-0.25, -0.2) is 0 Å². The molecule has 1 aliphatic heterocycles. The summed E-state index contributed by atoms with van der Waals surface area (Å²) in [6.45, 7) is 33.0. The van der Waals surface area contributed by atoms with Crippen molar-refractivity contribution in [3.63, 3.8) is 0 Å². The topological polar surface area (TPSA) is 6.48 Å². The molecule has 0 aromatic heterocycles. The third-order valence-corrected chi connectivity index (χ3v) is 7.97. The van der Waals surface area contributed by atoms with Crippen LogP contribution in [0.25, 0.3) is 0 Å². The van der Waals surface area contributed by atoms with E-state index in [9.17, 15) is 0 Å². The lowest BCUT2D eigenvalue weighted by Crippen LogP contribution is -2.49. The molecule has 2 aromatic carbocycles. The van der Waals surface area contributed by atoms with Crippen molar-refractivity contribution in [1.29, 1.82) is 0 Å². The van der Waals surface area contributed by atoms with Gasteiger partial charge in [-0.3, -0.25) is 0 Å². The summed E-state index contributed by atoms with van der Waals surface area (Å²) in [7, 11) is 0. The number of anilines is 2. The molecule has 1 fully saturated rings. The highest BCUT2D eigenvalue weighted by Gasteiger charge is 2.43. The fraction of sp³-hybridized carbons (Fsp3) is 0.647. The molecule has 1 saturated heterocycles. The van der Waals surface area contributed by atoms with E-state index in [-0.39, 0.29) is 5.41 Å². The number of benzene rings is 2. The van der Waals surface area contributed by atoms with E-state index in [4.69, 9.17) is 0 Å². The van der Waals surface area contributed by atoms with E-state index in [0.717, 1.165) is 13.1 Å². The van der Waals surface area contributed by atoms with Crippen molar-refractivity contribution in [3.05, 3.63) is 58.1 Å². The van der Waals surface area contributed by atoms with Gasteiger partial charge in [0.2, 0.25) is 0 Å². The van der Waals surface area contributed by atoms with Crippen molar-refractivity contribution < 1.29 is 0 Å². The molecule has 1 unspecified atom stereocenters. The molecule has 200 valence electrons. The van der Waals surface area contributed by atoms with Gasteiger partial charge in [-0.15, -0.1) is 0 Å². The highest BCUT2D eigenvalue weighted by molar-refractivity contribution is 5.70. The Morgan fingerprint density at radius 1 is 0.583 bits per heavy atom. The van der Waals surface area contributed by atoms with E-state index < -0.39 is 0 Å². The van der Waals surface area contributed by atoms with Gasteiger partial charge in [0.15, 0.2) is 0 Å². The minimum Gasteiger partial charge on any atom is -0.348 e. The Labute approximate surface area is 223 Å². The smallest absolute Gasteiger partial charge is 0.107 e. The first-order valence-electron chi connectivity index (χ1n) is 14.5. The quantitative estimate of drug-likeness (QED) is 0.381. The molecular weight excluding hydrogens is 436 g/mol. The molecule has 3 rings (SSSR count). The average Bonchev–Trinajstić information content (AvgIpc) is 3.22. The first kappa shape index (κ1) is 28.6. The lowest BCUT2D eigenvalue weighted by molar-refractivity contribution is 0.321. The maximum absolute atomic E-state index is 2.79. The van der Waals surface area contributed by atoms with Crippen LogP contribution in [0, 0.1) is 5.41 Å². The number of para-hydroxylation sites is 1. The minimum absolute atomic E-state index is 0.0913. The maximum Gasteiger partial charge on any atom is 0.107 e. The van der Waals surface area contributed by atoms with Gasteiger partial charge in [-0.05, 0) is 57.4 Å². The first-order valence-corrected chi connectivity index (χ1v) is 14.5. The van der Waals surface area contributed by atoms with Gasteiger partial charge >= 0.3 is 0 Å². The van der Waals surface area contributed by atoms with E-state index in [0.29, 0.717) is 35.8 Å². The zero-order valence-corrected chi connectivity index (χ0v) is 25.7. The van der Waals surface area contributed by atoms with E-state index >= 15 is 0 Å². The number of rotatable bonds is 7. The SMILES string of the molecule is CC(C)c1cc(C(C)C)c(N2CCN(c3c(C(C)C)cccc3C(C)C)C2C(C)(C)C)c(C(C)C)c1. The fourth-order valence-corrected chi connectivity index (χ4v) is 6.12. The summed E-state index contributed by atoms with van der Waals surface area (Å²) in [4.78, 5) is 5.56. The van der Waals surface area contributed by atoms with Gasteiger partial charge in [0.25, 0.3) is 0 Å². The first-order chi connectivity index (χ1) is 16.7. The Kier molecular flexibility index (Phi) is 8.58. The molecular formula is C34H54N2. The molecule has 0 amide bonds. The zero-order valence-electron chi connectivity index (χ0n) is 25.7. The second kappa shape index (κ2) is 10.8. The van der Waals surface area contributed by atoms with E-state index in [1.54, 1.807) is 0 Å². The lowest BCUT2D eigenvalue weighted by Gasteiger charge is -2.45. The number of nitrogens with zero attached hydrogens (tertiary/aromatic N) is 2. The molecule has 1 aliphatic rings. The summed E-state index contributed by atoms with van der Waals surface area (Å²) < 4.78 is 0. The van der Waals surface area contributed by atoms with Gasteiger partial charge in [-0.1, -0.05) is 120 Å². The molecule has 0 spiro atoms. The molecule has 0 aliphatic carbocycles. The van der Waals surface area contributed by atoms with Crippen molar-refractivity contribution in [2.45, 2.75) is 126 Å². The number of hydrogen-bond acceptors (Lipinski definition) is 2. The Hall–Kier alpha value is -1.96. The summed E-state index contributed by atoms with van der Waals surface area (Å²) in [5.74, 6) is 2.50. The predicted octanol–water partition coefficient (Wildman–Crippen LogP) is 10.0. The second-order valence-electron chi connectivity index (χ2n) is 13.7. The summed E-state index contributed by atoms with van der Waals surface area (Å²) in [5, 5.41) is 0. The maximum atomic E-state index is 2.79. The van der Waals surface area contributed by atoms with E-state index in [2.05, 4.69) is 130 Å². The summed E-state index contributed by atoms with van der Waals surface area (Å²) in [6, 6.07) is 12.0. The van der Waals surface area contributed by atoms with E-state index in [1.165, 1.54) is 39.2 Å². The van der Waals surface area contributed by atoms with Gasteiger partial charge in [-0.2, -0.15) is 0 Å². The Balaban J connectivity index is 2.30. The Morgan fingerprint density at radius 3 is 1.25 bits per heavy atom. The normalized spacial score (nSPS) is 17.1. The van der Waals surface area contributed by atoms with E-state index in [1.807, 2.05) is 0 Å². The summed E-state index contributed by atoms with van der Waals surface area (Å²) >= 11 is 0. The van der Waals surface area contributed by atoms with Gasteiger partial charge in [0.05, 0.1) is 0 Å². The largest absolute Gasteiger partial charge is 0.348 e. The van der Waals surface area contributed by atoms with Crippen LogP contribution in [0.5, 0.6) is 0 Å². The third kappa shape index (κ3) is 5.48. The Bertz CT molecular complexity index is 980. The monoisotopic (exact) mass is 490 g/mol. The Morgan fingerprint density at radius 2 is 0.944 bits per heavy atom. The van der Waals surface area contributed by atoms with Crippen molar-refractivity contribution >= 4 is 11.4 Å². The molecule has 0 radical (unpaired) electrons. The van der Waals surface area contributed by atoms with Crippen molar-refractivity contribution in [2.24, 2.45) is 5.41 Å². The second-order valence-corrected chi connectivity index (χ2v) is 13.7. The molecule has 0 N–H and O–H groups in total. The standard InChI is InChI=1S/C34H54N2/c1-21(2)26-19-29(24(7)8)32(30(20-26)25(9)10)36-18-17-35(33(36)34(11,12)13)31-27(22(3)4)15-14-16-28(31)23(5)6/h14-16,19-25,33H,17-18H2,1-13H3. The third-order valence-electron chi connectivity index (χ3n) is 7.97. The molecule has 2 nitrogen and oxygen atoms in total. The van der Waals surface area contributed by atoms with Crippen LogP contribution < -0.4 is 9.80 Å². The predicted molar refractivity (Wildman–Crippen MR) is 161 cm³/mol. The molecule has 2 aromatic rings. The fourth-order valence-electron chi connectivity index (χ4n) is 6.12. The molecule has 1 heterocycles. The van der Waals surface area contributed by atoms with Gasteiger partial charge in [0, 0.05) is 29.9 Å². The highest BCUT2D eigenvalue weighted by atomic mass is 15.4. The highest BCUT2D eigenvalue weighted by Crippen LogP contribution is 2.47. The summed E-state index contributed by atoms with van der Waals surface area (Å²) in [5.41, 5.74) is 10.6. The average molecular weight is 491 g/mol. The van der Waals surface area contributed by atoms with Crippen LogP contribution in [0.2, 0.25) is 0 Å². The van der Waals surface area contributed by atoms with Crippen molar-refractivity contribution in [2.75, 3.05) is 22.9 Å². The van der Waals surface area contributed by atoms with Crippen LogP contribution in [0.15, 0.2) is 30.3 Å². The van der Waals surface area contributed by atoms with Crippen LogP contribution in [-0.2, 0) is 0 Å². The van der Waals surface area contributed by atoms with Gasteiger partial charge in [0.1, 0.15) is 6.17 Å². The van der Waals surface area contributed by atoms with Crippen molar-refractivity contribution in [1.82, 2.24) is 0 Å². The molecule has 0 bridgehead atoms.